The van der Waals surface area contributed by atoms with Gasteiger partial charge in [0.25, 0.3) is 0 Å². The Kier molecular flexibility index (Phi) is 4.48. The van der Waals surface area contributed by atoms with E-state index >= 15 is 0 Å². The van der Waals surface area contributed by atoms with E-state index in [4.69, 9.17) is 4.74 Å². The van der Waals surface area contributed by atoms with Crippen LogP contribution in [0.4, 0.5) is 0 Å². The maximum absolute atomic E-state index is 9.24. The monoisotopic (exact) mass is 320 g/mol. The predicted molar refractivity (Wildman–Crippen MR) is 81.0 cm³/mol. The molecule has 0 aliphatic carbocycles. The highest BCUT2D eigenvalue weighted by atomic mass is 79.9. The van der Waals surface area contributed by atoms with E-state index in [2.05, 4.69) is 41.9 Å². The fourth-order valence-electron chi connectivity index (χ4n) is 2.09. The predicted octanol–water partition coefficient (Wildman–Crippen LogP) is 4.48. The molecule has 2 aromatic rings. The molecular weight excluding hydrogens is 304 g/mol. The second-order valence-electron chi connectivity index (χ2n) is 4.65. The molecule has 3 heteroatoms. The van der Waals surface area contributed by atoms with E-state index in [1.807, 2.05) is 12.1 Å². The van der Waals surface area contributed by atoms with Crippen LogP contribution in [0.3, 0.4) is 0 Å². The van der Waals surface area contributed by atoms with Crippen molar-refractivity contribution in [3.63, 3.8) is 0 Å². The lowest BCUT2D eigenvalue weighted by molar-refractivity contribution is 0.301. The molecule has 100 valence electrons. The third-order valence-electron chi connectivity index (χ3n) is 2.99. The van der Waals surface area contributed by atoms with Crippen LogP contribution in [0, 0.1) is 13.8 Å². The first-order valence-electron chi connectivity index (χ1n) is 6.17. The number of aryl methyl sites for hydroxylation is 2. The number of alkyl halides is 1. The van der Waals surface area contributed by atoms with Gasteiger partial charge in [-0.25, -0.2) is 0 Å². The van der Waals surface area contributed by atoms with Gasteiger partial charge < -0.3 is 9.84 Å². The minimum absolute atomic E-state index is 0.276. The topological polar surface area (TPSA) is 29.5 Å². The van der Waals surface area contributed by atoms with Gasteiger partial charge in [0.05, 0.1) is 0 Å². The van der Waals surface area contributed by atoms with Crippen LogP contribution >= 0.6 is 15.9 Å². The molecule has 0 atom stereocenters. The molecular formula is C16H17BrO2. The molecule has 0 saturated heterocycles. The Labute approximate surface area is 122 Å². The average Bonchev–Trinajstić information content (AvgIpc) is 2.39. The van der Waals surface area contributed by atoms with Crippen LogP contribution in [0.25, 0.3) is 0 Å². The van der Waals surface area contributed by atoms with Gasteiger partial charge in [-0.15, -0.1) is 0 Å². The molecule has 0 unspecified atom stereocenters. The minimum atomic E-state index is 0.276. The number of halogens is 1. The van der Waals surface area contributed by atoms with Gasteiger partial charge >= 0.3 is 0 Å². The van der Waals surface area contributed by atoms with E-state index in [0.29, 0.717) is 6.61 Å². The number of phenolic OH excluding ortho intramolecular Hbond substituents is 1. The number of hydrogen-bond acceptors (Lipinski definition) is 2. The summed E-state index contributed by atoms with van der Waals surface area (Å²) >= 11 is 3.47. The largest absolute Gasteiger partial charge is 0.508 e. The summed E-state index contributed by atoms with van der Waals surface area (Å²) in [6, 6.07) is 11.3. The number of ether oxygens (including phenoxy) is 1. The highest BCUT2D eigenvalue weighted by Crippen LogP contribution is 2.26. The van der Waals surface area contributed by atoms with Crippen LogP contribution < -0.4 is 4.74 Å². The lowest BCUT2D eigenvalue weighted by Gasteiger charge is -2.13. The molecule has 0 spiro atoms. The van der Waals surface area contributed by atoms with Crippen molar-refractivity contribution in [3.8, 4) is 11.5 Å². The molecule has 19 heavy (non-hydrogen) atoms. The maximum Gasteiger partial charge on any atom is 0.125 e. The zero-order valence-electron chi connectivity index (χ0n) is 11.1. The van der Waals surface area contributed by atoms with Crippen LogP contribution in [0.15, 0.2) is 36.4 Å². The number of phenols is 1. The Hall–Kier alpha value is -1.48. The highest BCUT2D eigenvalue weighted by Gasteiger charge is 2.06. The second kappa shape index (κ2) is 6.11. The first kappa shape index (κ1) is 13.9. The quantitative estimate of drug-likeness (QED) is 0.841. The fourth-order valence-corrected chi connectivity index (χ4v) is 2.42. The van der Waals surface area contributed by atoms with Gasteiger partial charge in [0.1, 0.15) is 18.1 Å². The SMILES string of the molecule is Cc1cc(CBr)cc(C)c1OCc1ccc(O)cc1. The third-order valence-corrected chi connectivity index (χ3v) is 3.64. The Morgan fingerprint density at radius 2 is 1.58 bits per heavy atom. The van der Waals surface area contributed by atoms with Crippen molar-refractivity contribution < 1.29 is 9.84 Å². The molecule has 0 amide bonds. The fraction of sp³-hybridized carbons (Fsp3) is 0.250. The van der Waals surface area contributed by atoms with Crippen molar-refractivity contribution in [2.45, 2.75) is 25.8 Å². The summed E-state index contributed by atoms with van der Waals surface area (Å²) in [5.41, 5.74) is 4.59. The van der Waals surface area contributed by atoms with Gasteiger partial charge in [0.15, 0.2) is 0 Å². The molecule has 0 aromatic heterocycles. The van der Waals surface area contributed by atoms with E-state index < -0.39 is 0 Å². The first-order valence-corrected chi connectivity index (χ1v) is 7.29. The Morgan fingerprint density at radius 3 is 2.11 bits per heavy atom. The lowest BCUT2D eigenvalue weighted by atomic mass is 10.1. The second-order valence-corrected chi connectivity index (χ2v) is 5.21. The molecule has 0 aliphatic rings. The van der Waals surface area contributed by atoms with E-state index in [1.165, 1.54) is 5.56 Å². The van der Waals surface area contributed by atoms with E-state index in [-0.39, 0.29) is 5.75 Å². The van der Waals surface area contributed by atoms with Crippen molar-refractivity contribution in [3.05, 3.63) is 58.7 Å². The summed E-state index contributed by atoms with van der Waals surface area (Å²) in [5, 5.41) is 10.1. The number of hydrogen-bond donors (Lipinski definition) is 1. The summed E-state index contributed by atoms with van der Waals surface area (Å²) < 4.78 is 5.90. The molecule has 0 fully saturated rings. The molecule has 0 heterocycles. The molecule has 0 aliphatic heterocycles. The lowest BCUT2D eigenvalue weighted by Crippen LogP contribution is -1.99. The molecule has 1 N–H and O–H groups in total. The normalized spacial score (nSPS) is 10.5. The molecule has 0 saturated carbocycles. The van der Waals surface area contributed by atoms with Crippen molar-refractivity contribution in [1.29, 1.82) is 0 Å². The van der Waals surface area contributed by atoms with Crippen molar-refractivity contribution in [1.82, 2.24) is 0 Å². The number of aromatic hydroxyl groups is 1. The highest BCUT2D eigenvalue weighted by molar-refractivity contribution is 9.08. The van der Waals surface area contributed by atoms with Crippen LogP contribution in [0.5, 0.6) is 11.5 Å². The number of rotatable bonds is 4. The minimum Gasteiger partial charge on any atom is -0.508 e. The van der Waals surface area contributed by atoms with Gasteiger partial charge in [-0.1, -0.05) is 40.2 Å². The van der Waals surface area contributed by atoms with Gasteiger partial charge in [0.2, 0.25) is 0 Å². The Bertz CT molecular complexity index is 538. The summed E-state index contributed by atoms with van der Waals surface area (Å²) in [5.74, 6) is 1.22. The van der Waals surface area contributed by atoms with Gasteiger partial charge in [0, 0.05) is 5.33 Å². The Morgan fingerprint density at radius 1 is 1.00 bits per heavy atom. The summed E-state index contributed by atoms with van der Waals surface area (Å²) in [6.45, 7) is 4.63. The summed E-state index contributed by atoms with van der Waals surface area (Å²) in [6.07, 6.45) is 0. The maximum atomic E-state index is 9.24. The van der Waals surface area contributed by atoms with Crippen LogP contribution in [0.2, 0.25) is 0 Å². The van der Waals surface area contributed by atoms with Crippen LogP contribution in [-0.4, -0.2) is 5.11 Å². The zero-order valence-corrected chi connectivity index (χ0v) is 12.7. The van der Waals surface area contributed by atoms with E-state index in [1.54, 1.807) is 12.1 Å². The molecule has 2 rings (SSSR count). The smallest absolute Gasteiger partial charge is 0.125 e. The number of benzene rings is 2. The van der Waals surface area contributed by atoms with Crippen molar-refractivity contribution in [2.75, 3.05) is 0 Å². The zero-order chi connectivity index (χ0) is 13.8. The van der Waals surface area contributed by atoms with Gasteiger partial charge in [-0.2, -0.15) is 0 Å². The summed E-state index contributed by atoms with van der Waals surface area (Å²) in [7, 11) is 0. The van der Waals surface area contributed by atoms with Crippen molar-refractivity contribution >= 4 is 15.9 Å². The molecule has 2 aromatic carbocycles. The van der Waals surface area contributed by atoms with E-state index in [9.17, 15) is 5.11 Å². The summed E-state index contributed by atoms with van der Waals surface area (Å²) in [4.78, 5) is 0. The van der Waals surface area contributed by atoms with Crippen LogP contribution in [0.1, 0.15) is 22.3 Å². The molecule has 2 nitrogen and oxygen atoms in total. The third kappa shape index (κ3) is 3.51. The van der Waals surface area contributed by atoms with E-state index in [0.717, 1.165) is 27.8 Å². The Balaban J connectivity index is 2.13. The molecule has 0 bridgehead atoms. The first-order chi connectivity index (χ1) is 9.10. The van der Waals surface area contributed by atoms with Gasteiger partial charge in [-0.05, 0) is 48.2 Å². The van der Waals surface area contributed by atoms with Crippen molar-refractivity contribution in [2.24, 2.45) is 0 Å². The molecule has 0 radical (unpaired) electrons. The van der Waals surface area contributed by atoms with Crippen LogP contribution in [-0.2, 0) is 11.9 Å². The van der Waals surface area contributed by atoms with Gasteiger partial charge in [-0.3, -0.25) is 0 Å². The average molecular weight is 321 g/mol. The standard InChI is InChI=1S/C16H17BrO2/c1-11-7-14(9-17)8-12(2)16(11)19-10-13-3-5-15(18)6-4-13/h3-8,18H,9-10H2,1-2H3.